The number of imide groups is 1. The van der Waals surface area contributed by atoms with Crippen molar-refractivity contribution in [1.29, 1.82) is 0 Å². The van der Waals surface area contributed by atoms with E-state index in [1.807, 2.05) is 17.1 Å². The summed E-state index contributed by atoms with van der Waals surface area (Å²) >= 11 is 0. The topological polar surface area (TPSA) is 146 Å². The molecular weight excluding hydrogens is 738 g/mol. The highest BCUT2D eigenvalue weighted by molar-refractivity contribution is 6.09. The van der Waals surface area contributed by atoms with Gasteiger partial charge in [-0.15, -0.1) is 0 Å². The van der Waals surface area contributed by atoms with Gasteiger partial charge in [-0.2, -0.15) is 18.3 Å². The van der Waals surface area contributed by atoms with Crippen LogP contribution in [0.2, 0.25) is 0 Å². The molecule has 1 aliphatic carbocycles. The monoisotopic (exact) mass is 782 g/mol. The van der Waals surface area contributed by atoms with E-state index in [0.29, 0.717) is 35.1 Å². The number of aromatic nitrogens is 4. The fourth-order valence-corrected chi connectivity index (χ4v) is 8.64. The van der Waals surface area contributed by atoms with Crippen molar-refractivity contribution in [2.24, 2.45) is 5.92 Å². The van der Waals surface area contributed by atoms with Gasteiger partial charge in [-0.3, -0.25) is 29.5 Å². The lowest BCUT2D eigenvalue weighted by molar-refractivity contribution is -0.141. The van der Waals surface area contributed by atoms with Crippen molar-refractivity contribution < 1.29 is 32.7 Å². The molecule has 2 aliphatic heterocycles. The second kappa shape index (κ2) is 15.2. The maximum absolute atomic E-state index is 13.2. The SMILES string of the molecule is CC(C)(O)c1cc2nn(C3CCC(CN4CCC(c5ccc6c(N7CCC(=O)NC7=O)cncc6c5)CC4)CC3)cc2cc1NC(=O)c1cccc(C(F)(F)F)n1. The number of halogens is 3. The fourth-order valence-electron chi connectivity index (χ4n) is 8.64. The Labute approximate surface area is 327 Å². The lowest BCUT2D eigenvalue weighted by atomic mass is 9.84. The number of aliphatic hydroxyl groups is 1. The van der Waals surface area contributed by atoms with E-state index in [1.165, 1.54) is 11.6 Å². The molecule has 0 bridgehead atoms. The number of carbonyl (C=O) groups is 3. The van der Waals surface area contributed by atoms with E-state index in [4.69, 9.17) is 5.10 Å². The van der Waals surface area contributed by atoms with Gasteiger partial charge in [-0.1, -0.05) is 18.2 Å². The first-order valence-corrected chi connectivity index (χ1v) is 19.5. The highest BCUT2D eigenvalue weighted by Crippen LogP contribution is 2.38. The van der Waals surface area contributed by atoms with E-state index in [2.05, 4.69) is 43.7 Å². The zero-order chi connectivity index (χ0) is 40.1. The Bertz CT molecular complexity index is 2340. The molecule has 2 saturated heterocycles. The van der Waals surface area contributed by atoms with E-state index in [0.717, 1.165) is 86.5 Å². The van der Waals surface area contributed by atoms with Crippen molar-refractivity contribution in [3.8, 4) is 0 Å². The summed E-state index contributed by atoms with van der Waals surface area (Å²) in [4.78, 5) is 49.3. The van der Waals surface area contributed by atoms with Crippen LogP contribution in [-0.4, -0.2) is 73.8 Å². The number of alkyl halides is 3. The van der Waals surface area contributed by atoms with Crippen molar-refractivity contribution in [3.63, 3.8) is 0 Å². The first-order chi connectivity index (χ1) is 27.2. The third-order valence-corrected chi connectivity index (χ3v) is 11.7. The Morgan fingerprint density at radius 3 is 2.44 bits per heavy atom. The predicted octanol–water partition coefficient (Wildman–Crippen LogP) is 7.54. The Morgan fingerprint density at radius 2 is 1.72 bits per heavy atom. The van der Waals surface area contributed by atoms with Crippen LogP contribution in [0.15, 0.2) is 67.1 Å². The lowest BCUT2D eigenvalue weighted by Crippen LogP contribution is -2.49. The summed E-state index contributed by atoms with van der Waals surface area (Å²) in [6.07, 6.45) is 7.25. The quantitative estimate of drug-likeness (QED) is 0.147. The first kappa shape index (κ1) is 38.5. The Hall–Kier alpha value is -5.41. The number of pyridine rings is 2. The largest absolute Gasteiger partial charge is 0.433 e. The van der Waals surface area contributed by atoms with Crippen molar-refractivity contribution in [2.75, 3.05) is 36.4 Å². The number of fused-ring (bicyclic) bond motifs is 2. The number of nitrogens with one attached hydrogen (secondary N) is 2. The van der Waals surface area contributed by atoms with Crippen molar-refractivity contribution >= 4 is 50.9 Å². The second-order valence-electron chi connectivity index (χ2n) is 16.1. The molecule has 3 fully saturated rings. The van der Waals surface area contributed by atoms with E-state index >= 15 is 0 Å². The highest BCUT2D eigenvalue weighted by atomic mass is 19.4. The van der Waals surface area contributed by atoms with E-state index < -0.39 is 29.4 Å². The molecule has 15 heteroatoms. The molecule has 1 saturated carbocycles. The minimum atomic E-state index is -4.69. The number of hydrogen-bond donors (Lipinski definition) is 3. The summed E-state index contributed by atoms with van der Waals surface area (Å²) in [6.45, 7) is 6.60. The van der Waals surface area contributed by atoms with Crippen LogP contribution in [0.4, 0.5) is 29.3 Å². The molecule has 12 nitrogen and oxygen atoms in total. The zero-order valence-electron chi connectivity index (χ0n) is 31.9. The number of benzene rings is 2. The van der Waals surface area contributed by atoms with Crippen LogP contribution in [0.3, 0.4) is 0 Å². The van der Waals surface area contributed by atoms with Crippen molar-refractivity contribution in [3.05, 3.63) is 89.6 Å². The van der Waals surface area contributed by atoms with Gasteiger partial charge in [0.15, 0.2) is 0 Å². The van der Waals surface area contributed by atoms with Crippen LogP contribution in [0.25, 0.3) is 21.7 Å². The Kier molecular flexibility index (Phi) is 10.2. The van der Waals surface area contributed by atoms with Crippen LogP contribution in [-0.2, 0) is 16.6 Å². The van der Waals surface area contributed by atoms with E-state index in [9.17, 15) is 32.7 Å². The molecule has 0 spiro atoms. The normalized spacial score (nSPS) is 20.3. The maximum Gasteiger partial charge on any atom is 0.433 e. The molecule has 8 rings (SSSR count). The number of anilines is 2. The van der Waals surface area contributed by atoms with Gasteiger partial charge in [-0.25, -0.2) is 9.78 Å². The van der Waals surface area contributed by atoms with Gasteiger partial charge < -0.3 is 15.3 Å². The molecule has 57 heavy (non-hydrogen) atoms. The molecule has 3 N–H and O–H groups in total. The van der Waals surface area contributed by atoms with Crippen LogP contribution in [0.1, 0.15) is 98.1 Å². The van der Waals surface area contributed by atoms with Crippen LogP contribution < -0.4 is 15.5 Å². The Balaban J connectivity index is 0.870. The minimum Gasteiger partial charge on any atom is -0.386 e. The molecule has 5 heterocycles. The number of nitrogens with zero attached hydrogens (tertiary/aromatic N) is 6. The number of piperidine rings is 1. The molecule has 5 aromatic rings. The number of carbonyl (C=O) groups excluding carboxylic acids is 3. The fraction of sp³-hybridized carbons (Fsp3) is 0.429. The molecule has 0 radical (unpaired) electrons. The summed E-state index contributed by atoms with van der Waals surface area (Å²) in [7, 11) is 0. The van der Waals surface area contributed by atoms with Gasteiger partial charge in [-0.05, 0) is 113 Å². The minimum absolute atomic E-state index is 0.201. The third kappa shape index (κ3) is 8.21. The van der Waals surface area contributed by atoms with Crippen LogP contribution in [0.5, 0.6) is 0 Å². The van der Waals surface area contributed by atoms with Crippen molar-refractivity contribution in [1.82, 2.24) is 30.0 Å². The third-order valence-electron chi connectivity index (χ3n) is 11.7. The van der Waals surface area contributed by atoms with E-state index in [-0.39, 0.29) is 29.8 Å². The Morgan fingerprint density at radius 1 is 0.947 bits per heavy atom. The molecule has 2 aromatic carbocycles. The molecular formula is C42H45F3N8O4. The smallest absolute Gasteiger partial charge is 0.386 e. The summed E-state index contributed by atoms with van der Waals surface area (Å²) in [5.74, 6) is -0.0458. The lowest BCUT2D eigenvalue weighted by Gasteiger charge is -2.37. The number of hydrogen-bond acceptors (Lipinski definition) is 8. The maximum atomic E-state index is 13.2. The molecule has 298 valence electrons. The predicted molar refractivity (Wildman–Crippen MR) is 209 cm³/mol. The van der Waals surface area contributed by atoms with Gasteiger partial charge >= 0.3 is 12.2 Å². The zero-order valence-corrected chi connectivity index (χ0v) is 31.9. The number of amides is 4. The molecule has 0 atom stereocenters. The van der Waals surface area contributed by atoms with Crippen molar-refractivity contribution in [2.45, 2.75) is 82.5 Å². The average Bonchev–Trinajstić information content (AvgIpc) is 3.60. The van der Waals surface area contributed by atoms with Gasteiger partial charge in [0.1, 0.15) is 11.4 Å². The van der Waals surface area contributed by atoms with Crippen LogP contribution in [0, 0.1) is 5.92 Å². The molecule has 3 aromatic heterocycles. The summed E-state index contributed by atoms with van der Waals surface area (Å²) in [6, 6.07) is 12.8. The summed E-state index contributed by atoms with van der Waals surface area (Å²) in [5, 5.41) is 23.6. The summed E-state index contributed by atoms with van der Waals surface area (Å²) < 4.78 is 41.7. The number of urea groups is 1. The first-order valence-electron chi connectivity index (χ1n) is 19.5. The van der Waals surface area contributed by atoms with Gasteiger partial charge in [0, 0.05) is 59.3 Å². The highest BCUT2D eigenvalue weighted by Gasteiger charge is 2.34. The average molecular weight is 783 g/mol. The van der Waals surface area contributed by atoms with E-state index in [1.54, 1.807) is 37.1 Å². The molecule has 4 amide bonds. The molecule has 0 unspecified atom stereocenters. The number of likely N-dealkylation sites (tertiary alicyclic amines) is 1. The van der Waals surface area contributed by atoms with Crippen LogP contribution >= 0.6 is 0 Å². The van der Waals surface area contributed by atoms with Gasteiger partial charge in [0.05, 0.1) is 29.0 Å². The molecule has 3 aliphatic rings. The van der Waals surface area contributed by atoms with Gasteiger partial charge in [0.25, 0.3) is 5.91 Å². The van der Waals surface area contributed by atoms with Gasteiger partial charge in [0.2, 0.25) is 5.91 Å². The standard InChI is InChI=1S/C42H45F3N8O4/c1-41(2,57)32-20-34-29(19-35(32)48-39(55)33-4-3-5-37(47-33)42(43,44)45)24-53(50-34)30-9-6-25(7-10-30)23-51-15-12-26(13-16-51)27-8-11-31-28(18-27)21-46-22-36(31)52-17-14-38(54)49-40(52)56/h3-5,8,11,18-22,24-26,30,57H,6-7,9-10,12-17,23H2,1-2H3,(H,48,55)(H,49,54,56). The number of rotatable bonds is 8. The summed E-state index contributed by atoms with van der Waals surface area (Å²) in [5.41, 5.74) is 0.405. The second-order valence-corrected chi connectivity index (χ2v) is 16.1.